The van der Waals surface area contributed by atoms with Gasteiger partial charge in [-0.1, -0.05) is 53.7 Å². The van der Waals surface area contributed by atoms with Gasteiger partial charge in [-0.3, -0.25) is 9.59 Å². The van der Waals surface area contributed by atoms with Crippen LogP contribution in [0.15, 0.2) is 29.5 Å². The molecule has 3 unspecified atom stereocenters. The molecular weight excluding hydrogens is 514 g/mol. The second-order valence-corrected chi connectivity index (χ2v) is 14.4. The number of anilines is 1. The normalized spacial score (nSPS) is 21.2. The van der Waals surface area contributed by atoms with E-state index in [4.69, 9.17) is 4.74 Å². The molecule has 0 radical (unpaired) electrons. The Bertz CT molecular complexity index is 1360. The molecule has 0 bridgehead atoms. The van der Waals surface area contributed by atoms with E-state index in [-0.39, 0.29) is 39.5 Å². The fraction of sp³-hybridized carbons (Fsp3) is 0.606. The van der Waals surface area contributed by atoms with Gasteiger partial charge in [0.15, 0.2) is 0 Å². The topological polar surface area (TPSA) is 130 Å². The van der Waals surface area contributed by atoms with Crippen LogP contribution in [0.5, 0.6) is 0 Å². The van der Waals surface area contributed by atoms with Gasteiger partial charge in [0.2, 0.25) is 5.91 Å². The molecule has 1 N–H and O–H groups in total. The van der Waals surface area contributed by atoms with Gasteiger partial charge >= 0.3 is 5.97 Å². The quantitative estimate of drug-likeness (QED) is 0.251. The summed E-state index contributed by atoms with van der Waals surface area (Å²) in [5, 5.41) is 31.0. The molecule has 1 aromatic rings. The smallest absolute Gasteiger partial charge is 0.312 e. The van der Waals surface area contributed by atoms with Gasteiger partial charge in [-0.15, -0.1) is 0 Å². The lowest BCUT2D eigenvalue weighted by Gasteiger charge is -2.43. The zero-order chi connectivity index (χ0) is 31.0. The van der Waals surface area contributed by atoms with Gasteiger partial charge in [0.1, 0.15) is 23.6 Å². The van der Waals surface area contributed by atoms with Gasteiger partial charge in [0.25, 0.3) is 0 Å². The number of hydrogen-bond acceptors (Lipinski definition) is 7. The van der Waals surface area contributed by atoms with E-state index < -0.39 is 17.3 Å². The van der Waals surface area contributed by atoms with Crippen LogP contribution in [0.4, 0.5) is 5.69 Å². The third kappa shape index (κ3) is 6.25. The summed E-state index contributed by atoms with van der Waals surface area (Å²) in [6, 6.07) is 11.5. The van der Waals surface area contributed by atoms with Crippen LogP contribution in [0.1, 0.15) is 92.2 Å². The summed E-state index contributed by atoms with van der Waals surface area (Å²) in [5.74, 6) is -2.26. The molecule has 2 aliphatic heterocycles. The van der Waals surface area contributed by atoms with Crippen molar-refractivity contribution in [2.24, 2.45) is 22.2 Å². The summed E-state index contributed by atoms with van der Waals surface area (Å²) < 4.78 is 5.88. The molecule has 0 aliphatic carbocycles. The number of fused-ring (bicyclic) bond motifs is 1. The fourth-order valence-electron chi connectivity index (χ4n) is 6.22. The highest BCUT2D eigenvalue weighted by Gasteiger charge is 2.48. The molecule has 0 aromatic heterocycles. The minimum absolute atomic E-state index is 0.0127. The van der Waals surface area contributed by atoms with Gasteiger partial charge in [-0.25, -0.2) is 0 Å². The monoisotopic (exact) mass is 557 g/mol. The zero-order valence-corrected chi connectivity index (χ0v) is 25.9. The molecule has 1 aromatic carbocycles. The predicted octanol–water partition coefficient (Wildman–Crippen LogP) is 5.90. The Hall–Kier alpha value is -3.83. The van der Waals surface area contributed by atoms with E-state index in [9.17, 15) is 25.4 Å². The predicted molar refractivity (Wildman–Crippen MR) is 157 cm³/mol. The number of nitriles is 3. The summed E-state index contributed by atoms with van der Waals surface area (Å²) in [4.78, 5) is 28.5. The second-order valence-electron chi connectivity index (χ2n) is 14.4. The lowest BCUT2D eigenvalue weighted by atomic mass is 9.61. The maximum absolute atomic E-state index is 13.3. The number of nitrogens with zero attached hydrogens (tertiary/aromatic N) is 4. The van der Waals surface area contributed by atoms with Crippen LogP contribution in [-0.2, 0) is 20.7 Å². The van der Waals surface area contributed by atoms with Crippen LogP contribution >= 0.6 is 0 Å². The van der Waals surface area contributed by atoms with E-state index >= 15 is 0 Å². The van der Waals surface area contributed by atoms with Crippen LogP contribution in [0.3, 0.4) is 0 Å². The molecule has 8 nitrogen and oxygen atoms in total. The number of benzene rings is 1. The van der Waals surface area contributed by atoms with Gasteiger partial charge < -0.3 is 15.0 Å². The summed E-state index contributed by atoms with van der Waals surface area (Å²) in [6.45, 7) is 20.1. The number of allylic oxidation sites excluding steroid dienone is 2. The van der Waals surface area contributed by atoms with Crippen molar-refractivity contribution in [2.75, 3.05) is 18.1 Å². The molecule has 2 aliphatic rings. The highest BCUT2D eigenvalue weighted by atomic mass is 16.5. The highest BCUT2D eigenvalue weighted by molar-refractivity contribution is 5.91. The van der Waals surface area contributed by atoms with Gasteiger partial charge in [-0.2, -0.15) is 15.8 Å². The SMILES string of the molecule is CC(C)(C)CC(C)(C(=O)OCCCN1c2ccc(C3C(=O)NC(=C(C#N)C#N)C3C#N)cc2CC1(C)C)C(C)(C)C. The minimum atomic E-state index is -0.924. The number of nitrogens with one attached hydrogen (secondary N) is 1. The van der Waals surface area contributed by atoms with Gasteiger partial charge in [0, 0.05) is 17.8 Å². The average molecular weight is 558 g/mol. The summed E-state index contributed by atoms with van der Waals surface area (Å²) in [6.07, 6.45) is 2.15. The molecule has 41 heavy (non-hydrogen) atoms. The van der Waals surface area contributed by atoms with Crippen molar-refractivity contribution in [3.63, 3.8) is 0 Å². The first-order valence-electron chi connectivity index (χ1n) is 14.2. The molecule has 0 spiro atoms. The van der Waals surface area contributed by atoms with Crippen LogP contribution < -0.4 is 10.2 Å². The van der Waals surface area contributed by atoms with Crippen LogP contribution in [-0.4, -0.2) is 30.6 Å². The number of ether oxygens (including phenoxy) is 1. The maximum Gasteiger partial charge on any atom is 0.312 e. The van der Waals surface area contributed by atoms with Crippen molar-refractivity contribution in [3.05, 3.63) is 40.6 Å². The van der Waals surface area contributed by atoms with E-state index in [2.05, 4.69) is 71.7 Å². The van der Waals surface area contributed by atoms with Crippen LogP contribution in [0.25, 0.3) is 0 Å². The standard InChI is InChI=1S/C33H43N5O3/c1-30(2,3)20-33(9,31(4,5)6)29(40)41-14-10-13-38-25-12-11-21(15-22(25)16-32(38,7)8)26-24(19-36)27(37-28(26)39)23(17-34)18-35/h11-12,15,24,26H,10,13-14,16,20H2,1-9H3,(H,37,39). The second kappa shape index (κ2) is 11.2. The van der Waals surface area contributed by atoms with Crippen molar-refractivity contribution in [3.8, 4) is 18.2 Å². The number of hydrogen-bond donors (Lipinski definition) is 1. The van der Waals surface area contributed by atoms with E-state index in [0.29, 0.717) is 25.1 Å². The molecule has 1 saturated heterocycles. The molecule has 2 heterocycles. The molecule has 1 fully saturated rings. The average Bonchev–Trinajstić information content (AvgIpc) is 3.31. The number of amides is 1. The first kappa shape index (κ1) is 31.7. The van der Waals surface area contributed by atoms with Crippen molar-refractivity contribution >= 4 is 17.6 Å². The Kier molecular flexibility index (Phi) is 8.67. The van der Waals surface area contributed by atoms with E-state index in [1.807, 2.05) is 25.1 Å². The number of rotatable bonds is 7. The molecule has 8 heteroatoms. The summed E-state index contributed by atoms with van der Waals surface area (Å²) >= 11 is 0. The fourth-order valence-corrected chi connectivity index (χ4v) is 6.22. The lowest BCUT2D eigenvalue weighted by Crippen LogP contribution is -2.45. The Labute approximate surface area is 245 Å². The van der Waals surface area contributed by atoms with Crippen molar-refractivity contribution in [2.45, 2.75) is 93.0 Å². The molecule has 218 valence electrons. The molecule has 3 rings (SSSR count). The minimum Gasteiger partial charge on any atom is -0.465 e. The summed E-state index contributed by atoms with van der Waals surface area (Å²) in [5.41, 5.74) is 1.58. The Morgan fingerprint density at radius 1 is 1.10 bits per heavy atom. The zero-order valence-electron chi connectivity index (χ0n) is 25.9. The maximum atomic E-state index is 13.3. The molecular formula is C33H43N5O3. The lowest BCUT2D eigenvalue weighted by molar-refractivity contribution is -0.164. The summed E-state index contributed by atoms with van der Waals surface area (Å²) in [7, 11) is 0. The van der Waals surface area contributed by atoms with Crippen molar-refractivity contribution < 1.29 is 14.3 Å². The Morgan fingerprint density at radius 3 is 2.27 bits per heavy atom. The van der Waals surface area contributed by atoms with Gasteiger partial charge in [-0.05, 0) is 68.1 Å². The first-order valence-corrected chi connectivity index (χ1v) is 14.2. The molecule has 3 atom stereocenters. The highest BCUT2D eigenvalue weighted by Crippen LogP contribution is 2.47. The largest absolute Gasteiger partial charge is 0.465 e. The van der Waals surface area contributed by atoms with Crippen molar-refractivity contribution in [1.82, 2.24) is 5.32 Å². The van der Waals surface area contributed by atoms with Gasteiger partial charge in [0.05, 0.1) is 29.7 Å². The van der Waals surface area contributed by atoms with E-state index in [1.54, 1.807) is 12.1 Å². The Balaban J connectivity index is 1.75. The molecule has 0 saturated carbocycles. The third-order valence-corrected chi connectivity index (χ3v) is 8.67. The first-order chi connectivity index (χ1) is 18.9. The van der Waals surface area contributed by atoms with E-state index in [1.165, 1.54) is 0 Å². The van der Waals surface area contributed by atoms with E-state index in [0.717, 1.165) is 24.1 Å². The number of carbonyl (C=O) groups excluding carboxylic acids is 2. The third-order valence-electron chi connectivity index (χ3n) is 8.67. The number of carbonyl (C=O) groups is 2. The Morgan fingerprint density at radius 2 is 1.73 bits per heavy atom. The van der Waals surface area contributed by atoms with Crippen LogP contribution in [0.2, 0.25) is 0 Å². The van der Waals surface area contributed by atoms with Crippen LogP contribution in [0, 0.1) is 56.2 Å². The van der Waals surface area contributed by atoms with Crippen molar-refractivity contribution in [1.29, 1.82) is 15.8 Å². The number of esters is 1. The molecule has 1 amide bonds.